The van der Waals surface area contributed by atoms with E-state index in [0.717, 1.165) is 24.8 Å². The molecule has 0 saturated carbocycles. The summed E-state index contributed by atoms with van der Waals surface area (Å²) in [6.45, 7) is 9.80. The van der Waals surface area contributed by atoms with Gasteiger partial charge in [0.15, 0.2) is 5.15 Å². The Labute approximate surface area is 221 Å². The second-order valence-corrected chi connectivity index (χ2v) is 12.4. The lowest BCUT2D eigenvalue weighted by atomic mass is 9.97. The lowest BCUT2D eigenvalue weighted by molar-refractivity contribution is -0.201. The average molecular weight is 586 g/mol. The number of aromatic nitrogens is 2. The maximum atomic E-state index is 12.6. The van der Waals surface area contributed by atoms with Crippen LogP contribution in [0.2, 0.25) is 5.15 Å². The standard InChI is InChI=1S/C21H27ClF3N5O5S2/c1-12-16(36-19(28-12)30(13(2)31)35-18(32)21(23,24)25)14-9-15(17(22)27-10-14)29-37(33,34)8-6-7-26-11-20(3,4)5/h9-10,26,29H,6-8,11H2,1-5H3. The molecule has 0 bridgehead atoms. The van der Waals surface area contributed by atoms with Gasteiger partial charge in [-0.25, -0.2) is 23.2 Å². The zero-order chi connectivity index (χ0) is 28.2. The lowest BCUT2D eigenvalue weighted by Gasteiger charge is -2.18. The molecule has 1 amide bonds. The topological polar surface area (TPSA) is 131 Å². The number of hydrogen-bond acceptors (Lipinski definition) is 9. The minimum Gasteiger partial charge on any atom is -0.322 e. The number of rotatable bonds is 9. The maximum Gasteiger partial charge on any atom is 0.493 e. The number of aryl methyl sites for hydroxylation is 1. The molecule has 0 aliphatic rings. The summed E-state index contributed by atoms with van der Waals surface area (Å²) >= 11 is 6.82. The highest BCUT2D eigenvalue weighted by atomic mass is 35.5. The smallest absolute Gasteiger partial charge is 0.322 e. The number of nitrogens with zero attached hydrogens (tertiary/aromatic N) is 3. The number of carbonyl (C=O) groups is 2. The molecule has 2 rings (SSSR count). The normalized spacial score (nSPS) is 12.4. The van der Waals surface area contributed by atoms with Gasteiger partial charge in [-0.15, -0.1) is 5.06 Å². The van der Waals surface area contributed by atoms with Crippen LogP contribution >= 0.6 is 22.9 Å². The molecule has 37 heavy (non-hydrogen) atoms. The molecule has 0 aromatic carbocycles. The SMILES string of the molecule is CC(=O)N(OC(=O)C(F)(F)F)c1nc(C)c(-c2cnc(Cl)c(NS(=O)(=O)CCCNCC(C)(C)C)c2)s1. The van der Waals surface area contributed by atoms with E-state index in [1.807, 2.05) is 0 Å². The second kappa shape index (κ2) is 11.9. The number of anilines is 2. The molecule has 0 fully saturated rings. The molecule has 16 heteroatoms. The van der Waals surface area contributed by atoms with Crippen LogP contribution in [-0.4, -0.2) is 55.3 Å². The first-order chi connectivity index (χ1) is 16.9. The fraction of sp³-hybridized carbons (Fsp3) is 0.524. The van der Waals surface area contributed by atoms with Gasteiger partial charge in [0.05, 0.1) is 22.0 Å². The van der Waals surface area contributed by atoms with Crippen LogP contribution < -0.4 is 15.1 Å². The zero-order valence-corrected chi connectivity index (χ0v) is 23.1. The highest BCUT2D eigenvalue weighted by Crippen LogP contribution is 2.37. The van der Waals surface area contributed by atoms with Crippen LogP contribution in [0.25, 0.3) is 10.4 Å². The molecule has 2 heterocycles. The summed E-state index contributed by atoms with van der Waals surface area (Å²) in [6, 6.07) is 1.38. The Balaban J connectivity index is 2.21. The summed E-state index contributed by atoms with van der Waals surface area (Å²) in [7, 11) is -3.77. The Bertz CT molecular complexity index is 1250. The molecule has 0 spiro atoms. The average Bonchev–Trinajstić information content (AvgIpc) is 3.12. The molecule has 0 saturated heterocycles. The predicted octanol–water partition coefficient (Wildman–Crippen LogP) is 4.31. The molecule has 2 aromatic rings. The minimum atomic E-state index is -5.32. The third kappa shape index (κ3) is 9.39. The van der Waals surface area contributed by atoms with Crippen molar-refractivity contribution < 1.29 is 36.0 Å². The molecular formula is C21H27ClF3N5O5S2. The van der Waals surface area contributed by atoms with Gasteiger partial charge in [-0.1, -0.05) is 43.7 Å². The molecule has 2 aromatic heterocycles. The quantitative estimate of drug-likeness (QED) is 0.253. The Morgan fingerprint density at radius 3 is 2.46 bits per heavy atom. The van der Waals surface area contributed by atoms with Crippen LogP contribution in [-0.2, 0) is 24.4 Å². The number of nitrogens with one attached hydrogen (secondary N) is 2. The van der Waals surface area contributed by atoms with Gasteiger partial charge in [-0.05, 0) is 37.9 Å². The number of hydroxylamine groups is 1. The van der Waals surface area contributed by atoms with Crippen molar-refractivity contribution in [3.05, 3.63) is 23.1 Å². The van der Waals surface area contributed by atoms with Crippen LogP contribution in [0.3, 0.4) is 0 Å². The van der Waals surface area contributed by atoms with E-state index in [0.29, 0.717) is 23.4 Å². The van der Waals surface area contributed by atoms with Gasteiger partial charge < -0.3 is 10.2 Å². The largest absolute Gasteiger partial charge is 0.493 e. The fourth-order valence-electron chi connectivity index (χ4n) is 2.82. The minimum absolute atomic E-state index is 0.0110. The number of alkyl halides is 3. The summed E-state index contributed by atoms with van der Waals surface area (Å²) in [5.74, 6) is -3.78. The van der Waals surface area contributed by atoms with E-state index in [1.54, 1.807) is 0 Å². The van der Waals surface area contributed by atoms with Crippen molar-refractivity contribution in [1.82, 2.24) is 15.3 Å². The number of amides is 1. The second-order valence-electron chi connectivity index (χ2n) is 9.18. The summed E-state index contributed by atoms with van der Waals surface area (Å²) in [5.41, 5.74) is 0.633. The van der Waals surface area contributed by atoms with E-state index in [2.05, 4.69) is 45.6 Å². The summed E-state index contributed by atoms with van der Waals surface area (Å²) in [6.07, 6.45) is -3.66. The van der Waals surface area contributed by atoms with Gasteiger partial charge in [0, 0.05) is 18.7 Å². The van der Waals surface area contributed by atoms with Crippen molar-refractivity contribution in [3.63, 3.8) is 0 Å². The van der Waals surface area contributed by atoms with Gasteiger partial charge in [-0.2, -0.15) is 13.2 Å². The van der Waals surface area contributed by atoms with Crippen molar-refractivity contribution in [3.8, 4) is 10.4 Å². The van der Waals surface area contributed by atoms with Gasteiger partial charge in [0.2, 0.25) is 15.2 Å². The molecule has 0 aliphatic carbocycles. The predicted molar refractivity (Wildman–Crippen MR) is 135 cm³/mol. The van der Waals surface area contributed by atoms with Crippen LogP contribution in [0, 0.1) is 12.3 Å². The first-order valence-corrected chi connectivity index (χ1v) is 13.7. The van der Waals surface area contributed by atoms with Crippen molar-refractivity contribution in [2.24, 2.45) is 5.41 Å². The van der Waals surface area contributed by atoms with Crippen LogP contribution in [0.1, 0.15) is 39.8 Å². The van der Waals surface area contributed by atoms with Crippen molar-refractivity contribution >= 4 is 55.7 Å². The maximum absolute atomic E-state index is 12.6. The molecular weight excluding hydrogens is 559 g/mol. The number of sulfonamides is 1. The van der Waals surface area contributed by atoms with Gasteiger partial charge in [0.1, 0.15) is 0 Å². The van der Waals surface area contributed by atoms with Crippen molar-refractivity contribution in [1.29, 1.82) is 0 Å². The Morgan fingerprint density at radius 2 is 1.89 bits per heavy atom. The number of pyridine rings is 1. The highest BCUT2D eigenvalue weighted by Gasteiger charge is 2.44. The number of thiazole rings is 1. The molecule has 2 N–H and O–H groups in total. The Morgan fingerprint density at radius 1 is 1.24 bits per heavy atom. The van der Waals surface area contributed by atoms with E-state index < -0.39 is 28.1 Å². The molecule has 10 nitrogen and oxygen atoms in total. The lowest BCUT2D eigenvalue weighted by Crippen LogP contribution is -2.37. The molecule has 206 valence electrons. The van der Waals surface area contributed by atoms with Crippen LogP contribution in [0.5, 0.6) is 0 Å². The van der Waals surface area contributed by atoms with E-state index in [4.69, 9.17) is 11.6 Å². The third-order valence-electron chi connectivity index (χ3n) is 4.44. The molecule has 0 aliphatic heterocycles. The van der Waals surface area contributed by atoms with Crippen LogP contribution in [0.4, 0.5) is 24.0 Å². The first-order valence-electron chi connectivity index (χ1n) is 10.8. The summed E-state index contributed by atoms with van der Waals surface area (Å²) < 4.78 is 65.3. The molecule has 0 radical (unpaired) electrons. The van der Waals surface area contributed by atoms with Gasteiger partial charge in [-0.3, -0.25) is 9.52 Å². The van der Waals surface area contributed by atoms with E-state index >= 15 is 0 Å². The molecule has 0 atom stereocenters. The zero-order valence-electron chi connectivity index (χ0n) is 20.7. The first kappa shape index (κ1) is 30.7. The highest BCUT2D eigenvalue weighted by molar-refractivity contribution is 7.92. The van der Waals surface area contributed by atoms with Gasteiger partial charge >= 0.3 is 12.1 Å². The van der Waals surface area contributed by atoms with E-state index in [9.17, 15) is 31.2 Å². The van der Waals surface area contributed by atoms with E-state index in [-0.39, 0.29) is 37.9 Å². The summed E-state index contributed by atoms with van der Waals surface area (Å²) in [5, 5.41) is 2.87. The third-order valence-corrected chi connectivity index (χ3v) is 7.27. The Hall–Kier alpha value is -2.49. The van der Waals surface area contributed by atoms with E-state index in [1.165, 1.54) is 19.2 Å². The van der Waals surface area contributed by atoms with Crippen LogP contribution in [0.15, 0.2) is 12.3 Å². The molecule has 0 unspecified atom stereocenters. The van der Waals surface area contributed by atoms with Gasteiger partial charge in [0.25, 0.3) is 5.91 Å². The Kier molecular flexibility index (Phi) is 9.90. The number of carbonyl (C=O) groups excluding carboxylic acids is 2. The van der Waals surface area contributed by atoms with Crippen molar-refractivity contribution in [2.75, 3.05) is 28.6 Å². The number of halogens is 4. The monoisotopic (exact) mass is 585 g/mol. The number of hydrogen-bond donors (Lipinski definition) is 2. The fourth-order valence-corrected chi connectivity index (χ4v) is 5.18. The summed E-state index contributed by atoms with van der Waals surface area (Å²) in [4.78, 5) is 35.6. The van der Waals surface area contributed by atoms with Crippen molar-refractivity contribution in [2.45, 2.75) is 47.2 Å².